The zero-order valence-corrected chi connectivity index (χ0v) is 12.0. The van der Waals surface area contributed by atoms with Crippen molar-refractivity contribution in [2.24, 2.45) is 0 Å². The summed E-state index contributed by atoms with van der Waals surface area (Å²) in [5, 5.41) is 23.7. The van der Waals surface area contributed by atoms with Crippen LogP contribution in [0, 0.1) is 10.1 Å². The first kappa shape index (κ1) is 16.3. The largest absolute Gasteiger partial charge is 0.392 e. The molecule has 1 aromatic rings. The summed E-state index contributed by atoms with van der Waals surface area (Å²) < 4.78 is 0. The SMILES string of the molecule is C=CCCC(O)CNC(C)(C)c1ccc([N+](=O)[O-])cc1. The number of hydrogen-bond donors (Lipinski definition) is 2. The van der Waals surface area contributed by atoms with Crippen LogP contribution in [0.1, 0.15) is 32.3 Å². The van der Waals surface area contributed by atoms with Gasteiger partial charge in [-0.05, 0) is 32.3 Å². The molecule has 1 aromatic carbocycles. The number of aliphatic hydroxyl groups excluding tert-OH is 1. The molecule has 0 aliphatic heterocycles. The van der Waals surface area contributed by atoms with E-state index in [0.717, 1.165) is 12.0 Å². The van der Waals surface area contributed by atoms with Gasteiger partial charge in [-0.1, -0.05) is 18.2 Å². The molecule has 0 saturated heterocycles. The van der Waals surface area contributed by atoms with Gasteiger partial charge in [0, 0.05) is 24.2 Å². The van der Waals surface area contributed by atoms with E-state index in [4.69, 9.17) is 0 Å². The molecular weight excluding hydrogens is 256 g/mol. The third-order valence-corrected chi connectivity index (χ3v) is 3.28. The van der Waals surface area contributed by atoms with Gasteiger partial charge in [-0.2, -0.15) is 0 Å². The minimum atomic E-state index is -0.426. The molecule has 0 fully saturated rings. The lowest BCUT2D eigenvalue weighted by atomic mass is 9.93. The maximum atomic E-state index is 10.6. The maximum Gasteiger partial charge on any atom is 0.269 e. The lowest BCUT2D eigenvalue weighted by Crippen LogP contribution is -2.41. The average Bonchev–Trinajstić information content (AvgIpc) is 2.43. The molecule has 2 N–H and O–H groups in total. The van der Waals surface area contributed by atoms with E-state index in [2.05, 4.69) is 11.9 Å². The van der Waals surface area contributed by atoms with Gasteiger partial charge < -0.3 is 10.4 Å². The summed E-state index contributed by atoms with van der Waals surface area (Å²) >= 11 is 0. The highest BCUT2D eigenvalue weighted by atomic mass is 16.6. The van der Waals surface area contributed by atoms with Crippen LogP contribution in [0.15, 0.2) is 36.9 Å². The number of aliphatic hydroxyl groups is 1. The van der Waals surface area contributed by atoms with Crippen LogP contribution < -0.4 is 5.32 Å². The number of nitrogens with one attached hydrogen (secondary N) is 1. The second kappa shape index (κ2) is 7.17. The van der Waals surface area contributed by atoms with Crippen molar-refractivity contribution < 1.29 is 10.0 Å². The molecule has 0 aromatic heterocycles. The van der Waals surface area contributed by atoms with Crippen molar-refractivity contribution in [2.75, 3.05) is 6.54 Å². The molecule has 1 rings (SSSR count). The summed E-state index contributed by atoms with van der Waals surface area (Å²) in [6.07, 6.45) is 2.81. The molecule has 0 aliphatic rings. The Kier molecular flexibility index (Phi) is 5.85. The minimum absolute atomic E-state index is 0.0792. The molecule has 0 heterocycles. The fraction of sp³-hybridized carbons (Fsp3) is 0.467. The number of hydrogen-bond acceptors (Lipinski definition) is 4. The van der Waals surface area contributed by atoms with Crippen molar-refractivity contribution in [1.29, 1.82) is 0 Å². The smallest absolute Gasteiger partial charge is 0.269 e. The highest BCUT2D eigenvalue weighted by molar-refractivity contribution is 5.35. The second-order valence-electron chi connectivity index (χ2n) is 5.33. The van der Waals surface area contributed by atoms with Crippen LogP contribution in [-0.4, -0.2) is 22.7 Å². The van der Waals surface area contributed by atoms with E-state index < -0.39 is 11.0 Å². The predicted octanol–water partition coefficient (Wildman–Crippen LogP) is 2.75. The van der Waals surface area contributed by atoms with Crippen LogP contribution in [0.5, 0.6) is 0 Å². The summed E-state index contributed by atoms with van der Waals surface area (Å²) in [5.74, 6) is 0. The summed E-state index contributed by atoms with van der Waals surface area (Å²) in [6, 6.07) is 6.46. The van der Waals surface area contributed by atoms with Gasteiger partial charge in [0.2, 0.25) is 0 Å². The Bertz CT molecular complexity index is 455. The summed E-state index contributed by atoms with van der Waals surface area (Å²) in [5.41, 5.74) is 0.666. The number of nitrogens with zero attached hydrogens (tertiary/aromatic N) is 1. The second-order valence-corrected chi connectivity index (χ2v) is 5.33. The highest BCUT2D eigenvalue weighted by Gasteiger charge is 2.21. The molecule has 0 amide bonds. The predicted molar refractivity (Wildman–Crippen MR) is 79.6 cm³/mol. The summed E-state index contributed by atoms with van der Waals surface area (Å²) in [4.78, 5) is 10.2. The Hall–Kier alpha value is -1.72. The van der Waals surface area contributed by atoms with E-state index in [0.29, 0.717) is 13.0 Å². The summed E-state index contributed by atoms with van der Waals surface area (Å²) in [6.45, 7) is 8.06. The Morgan fingerprint density at radius 2 is 2.05 bits per heavy atom. The number of benzene rings is 1. The molecule has 5 nitrogen and oxygen atoms in total. The van der Waals surface area contributed by atoms with E-state index in [1.54, 1.807) is 18.2 Å². The standard InChI is InChI=1S/C15H22N2O3/c1-4-5-6-14(18)11-16-15(2,3)12-7-9-13(10-8-12)17(19)20/h4,7-10,14,16,18H,1,5-6,11H2,2-3H3. The Balaban J connectivity index is 2.63. The van der Waals surface area contributed by atoms with E-state index in [9.17, 15) is 15.2 Å². The molecule has 0 saturated carbocycles. The minimum Gasteiger partial charge on any atom is -0.392 e. The quantitative estimate of drug-likeness (QED) is 0.435. The first-order valence-corrected chi connectivity index (χ1v) is 6.65. The van der Waals surface area contributed by atoms with Gasteiger partial charge in [-0.15, -0.1) is 6.58 Å². The maximum absolute atomic E-state index is 10.6. The van der Waals surface area contributed by atoms with Crippen LogP contribution in [0.3, 0.4) is 0 Å². The van der Waals surface area contributed by atoms with Crippen LogP contribution in [0.25, 0.3) is 0 Å². The molecular formula is C15H22N2O3. The Morgan fingerprint density at radius 1 is 1.45 bits per heavy atom. The topological polar surface area (TPSA) is 75.4 Å². The van der Waals surface area contributed by atoms with Gasteiger partial charge >= 0.3 is 0 Å². The van der Waals surface area contributed by atoms with Gasteiger partial charge in [0.05, 0.1) is 11.0 Å². The number of nitro groups is 1. The molecule has 0 spiro atoms. The first-order chi connectivity index (χ1) is 9.36. The third-order valence-electron chi connectivity index (χ3n) is 3.28. The molecule has 0 aliphatic carbocycles. The van der Waals surface area contributed by atoms with Gasteiger partial charge in [-0.25, -0.2) is 0 Å². The Labute approximate surface area is 119 Å². The van der Waals surface area contributed by atoms with Gasteiger partial charge in [-0.3, -0.25) is 10.1 Å². The average molecular weight is 278 g/mol. The molecule has 1 unspecified atom stereocenters. The van der Waals surface area contributed by atoms with Crippen molar-refractivity contribution in [3.63, 3.8) is 0 Å². The van der Waals surface area contributed by atoms with Crippen LogP contribution in [0.4, 0.5) is 5.69 Å². The molecule has 0 bridgehead atoms. The number of nitro benzene ring substituents is 1. The molecule has 5 heteroatoms. The van der Waals surface area contributed by atoms with Crippen LogP contribution in [-0.2, 0) is 5.54 Å². The van der Waals surface area contributed by atoms with Crippen LogP contribution in [0.2, 0.25) is 0 Å². The fourth-order valence-corrected chi connectivity index (χ4v) is 1.89. The molecule has 0 radical (unpaired) electrons. The molecule has 1 atom stereocenters. The number of non-ortho nitro benzene ring substituents is 1. The van der Waals surface area contributed by atoms with Gasteiger partial charge in [0.1, 0.15) is 0 Å². The lowest BCUT2D eigenvalue weighted by molar-refractivity contribution is -0.384. The summed E-state index contributed by atoms with van der Waals surface area (Å²) in [7, 11) is 0. The lowest BCUT2D eigenvalue weighted by Gasteiger charge is -2.28. The van der Waals surface area contributed by atoms with Crippen LogP contribution >= 0.6 is 0 Å². The van der Waals surface area contributed by atoms with E-state index in [1.165, 1.54) is 12.1 Å². The van der Waals surface area contributed by atoms with Crippen molar-refractivity contribution >= 4 is 5.69 Å². The fourth-order valence-electron chi connectivity index (χ4n) is 1.89. The van der Waals surface area contributed by atoms with E-state index in [1.807, 2.05) is 13.8 Å². The van der Waals surface area contributed by atoms with Gasteiger partial charge in [0.25, 0.3) is 5.69 Å². The third kappa shape index (κ3) is 4.75. The molecule has 20 heavy (non-hydrogen) atoms. The number of allylic oxidation sites excluding steroid dienone is 1. The van der Waals surface area contributed by atoms with Crippen molar-refractivity contribution in [3.8, 4) is 0 Å². The zero-order valence-electron chi connectivity index (χ0n) is 12.0. The molecule has 110 valence electrons. The van der Waals surface area contributed by atoms with Crippen molar-refractivity contribution in [2.45, 2.75) is 38.3 Å². The van der Waals surface area contributed by atoms with E-state index in [-0.39, 0.29) is 11.2 Å². The number of rotatable bonds is 8. The van der Waals surface area contributed by atoms with Gasteiger partial charge in [0.15, 0.2) is 0 Å². The van der Waals surface area contributed by atoms with E-state index >= 15 is 0 Å². The highest BCUT2D eigenvalue weighted by Crippen LogP contribution is 2.22. The monoisotopic (exact) mass is 278 g/mol. The normalized spacial score (nSPS) is 12.9. The van der Waals surface area contributed by atoms with Crippen molar-refractivity contribution in [3.05, 3.63) is 52.6 Å². The van der Waals surface area contributed by atoms with Crippen molar-refractivity contribution in [1.82, 2.24) is 5.32 Å². The first-order valence-electron chi connectivity index (χ1n) is 6.65. The zero-order chi connectivity index (χ0) is 15.2. The Morgan fingerprint density at radius 3 is 2.55 bits per heavy atom.